The molecule has 1 fully saturated rings. The zero-order valence-corrected chi connectivity index (χ0v) is 12.5. The van der Waals surface area contributed by atoms with Crippen molar-refractivity contribution in [1.29, 1.82) is 0 Å². The van der Waals surface area contributed by atoms with E-state index in [9.17, 15) is 14.9 Å². The van der Waals surface area contributed by atoms with E-state index in [1.807, 2.05) is 0 Å². The number of nitro benzene ring substituents is 1. The zero-order chi connectivity index (χ0) is 15.4. The Morgan fingerprint density at radius 2 is 2.24 bits per heavy atom. The van der Waals surface area contributed by atoms with Gasteiger partial charge < -0.3 is 5.32 Å². The molecule has 1 atom stereocenters. The van der Waals surface area contributed by atoms with Crippen LogP contribution in [0.1, 0.15) is 31.7 Å². The van der Waals surface area contributed by atoms with E-state index in [0.29, 0.717) is 23.8 Å². The number of amides is 1. The summed E-state index contributed by atoms with van der Waals surface area (Å²) < 4.78 is 0. The predicted octanol–water partition coefficient (Wildman–Crippen LogP) is 2.72. The van der Waals surface area contributed by atoms with E-state index in [1.165, 1.54) is 12.5 Å². The number of nitrogens with zero attached hydrogens (tertiary/aromatic N) is 2. The van der Waals surface area contributed by atoms with Gasteiger partial charge in [-0.05, 0) is 39.3 Å². The largest absolute Gasteiger partial charge is 0.324 e. The van der Waals surface area contributed by atoms with Crippen LogP contribution in [0, 0.1) is 17.0 Å². The SMILES string of the molecule is Cc1c(NC(=O)CN2CCCC[C@@H]2C)cccc1[N+](=O)[O-]. The molecule has 0 saturated carbocycles. The molecule has 0 bridgehead atoms. The van der Waals surface area contributed by atoms with Gasteiger partial charge in [-0.15, -0.1) is 0 Å². The number of likely N-dealkylation sites (tertiary alicyclic amines) is 1. The van der Waals surface area contributed by atoms with Gasteiger partial charge in [-0.3, -0.25) is 19.8 Å². The molecule has 21 heavy (non-hydrogen) atoms. The average Bonchev–Trinajstić information content (AvgIpc) is 2.43. The minimum atomic E-state index is -0.433. The molecule has 1 saturated heterocycles. The fraction of sp³-hybridized carbons (Fsp3) is 0.533. The van der Waals surface area contributed by atoms with Crippen molar-refractivity contribution in [3.05, 3.63) is 33.9 Å². The van der Waals surface area contributed by atoms with Gasteiger partial charge in [0.2, 0.25) is 5.91 Å². The summed E-state index contributed by atoms with van der Waals surface area (Å²) in [4.78, 5) is 24.8. The third-order valence-corrected chi connectivity index (χ3v) is 4.06. The van der Waals surface area contributed by atoms with Crippen molar-refractivity contribution >= 4 is 17.3 Å². The van der Waals surface area contributed by atoms with Crippen LogP contribution in [0.4, 0.5) is 11.4 Å². The second kappa shape index (κ2) is 6.67. The molecular weight excluding hydrogens is 270 g/mol. The van der Waals surface area contributed by atoms with Crippen molar-refractivity contribution in [3.8, 4) is 0 Å². The van der Waals surface area contributed by atoms with Crippen LogP contribution in [0.3, 0.4) is 0 Å². The van der Waals surface area contributed by atoms with E-state index in [1.54, 1.807) is 19.1 Å². The summed E-state index contributed by atoms with van der Waals surface area (Å²) >= 11 is 0. The van der Waals surface area contributed by atoms with E-state index in [-0.39, 0.29) is 11.6 Å². The number of carbonyl (C=O) groups excluding carboxylic acids is 1. The molecule has 1 aliphatic rings. The normalized spacial score (nSPS) is 19.2. The van der Waals surface area contributed by atoms with Gasteiger partial charge in [-0.25, -0.2) is 0 Å². The summed E-state index contributed by atoms with van der Waals surface area (Å²) in [7, 11) is 0. The highest BCUT2D eigenvalue weighted by molar-refractivity contribution is 5.93. The van der Waals surface area contributed by atoms with Crippen LogP contribution >= 0.6 is 0 Å². The predicted molar refractivity (Wildman–Crippen MR) is 81.3 cm³/mol. The third-order valence-electron chi connectivity index (χ3n) is 4.06. The van der Waals surface area contributed by atoms with Crippen molar-refractivity contribution in [1.82, 2.24) is 4.90 Å². The van der Waals surface area contributed by atoms with Crippen LogP contribution in [0.2, 0.25) is 0 Å². The molecular formula is C15H21N3O3. The molecule has 0 spiro atoms. The standard InChI is InChI=1S/C15H21N3O3/c1-11-6-3-4-9-17(11)10-15(19)16-13-7-5-8-14(12(13)2)18(20)21/h5,7-8,11H,3-4,6,9-10H2,1-2H3,(H,16,19)/t11-/m0/s1. The fourth-order valence-electron chi connectivity index (χ4n) is 2.72. The minimum absolute atomic E-state index is 0.0270. The van der Waals surface area contributed by atoms with E-state index >= 15 is 0 Å². The molecule has 1 heterocycles. The van der Waals surface area contributed by atoms with Gasteiger partial charge in [0, 0.05) is 12.1 Å². The summed E-state index contributed by atoms with van der Waals surface area (Å²) in [6, 6.07) is 5.14. The number of benzene rings is 1. The first-order chi connectivity index (χ1) is 9.99. The number of nitro groups is 1. The Morgan fingerprint density at radius 1 is 1.48 bits per heavy atom. The third kappa shape index (κ3) is 3.78. The quantitative estimate of drug-likeness (QED) is 0.683. The highest BCUT2D eigenvalue weighted by Crippen LogP contribution is 2.25. The lowest BCUT2D eigenvalue weighted by atomic mass is 10.0. The Morgan fingerprint density at radius 3 is 2.90 bits per heavy atom. The van der Waals surface area contributed by atoms with E-state index in [2.05, 4.69) is 17.1 Å². The maximum absolute atomic E-state index is 12.1. The monoisotopic (exact) mass is 291 g/mol. The second-order valence-corrected chi connectivity index (χ2v) is 5.57. The van der Waals surface area contributed by atoms with Crippen molar-refractivity contribution in [2.24, 2.45) is 0 Å². The van der Waals surface area contributed by atoms with Gasteiger partial charge in [-0.1, -0.05) is 12.5 Å². The number of carbonyl (C=O) groups is 1. The number of hydrogen-bond donors (Lipinski definition) is 1. The van der Waals surface area contributed by atoms with E-state index in [0.717, 1.165) is 19.4 Å². The van der Waals surface area contributed by atoms with Gasteiger partial charge in [0.1, 0.15) is 0 Å². The minimum Gasteiger partial charge on any atom is -0.324 e. The van der Waals surface area contributed by atoms with Crippen LogP contribution in [-0.4, -0.2) is 34.9 Å². The average molecular weight is 291 g/mol. The highest BCUT2D eigenvalue weighted by atomic mass is 16.6. The van der Waals surface area contributed by atoms with Crippen LogP contribution < -0.4 is 5.32 Å². The molecule has 0 radical (unpaired) electrons. The van der Waals surface area contributed by atoms with Crippen molar-refractivity contribution in [2.75, 3.05) is 18.4 Å². The molecule has 0 unspecified atom stereocenters. The number of hydrogen-bond acceptors (Lipinski definition) is 4. The number of anilines is 1. The molecule has 1 aromatic carbocycles. The summed E-state index contributed by atoms with van der Waals surface area (Å²) in [5.74, 6) is -0.118. The Balaban J connectivity index is 2.02. The Bertz CT molecular complexity index is 545. The van der Waals surface area contributed by atoms with Gasteiger partial charge in [0.05, 0.1) is 22.7 Å². The van der Waals surface area contributed by atoms with Crippen LogP contribution in [-0.2, 0) is 4.79 Å². The van der Waals surface area contributed by atoms with Crippen molar-refractivity contribution in [3.63, 3.8) is 0 Å². The molecule has 1 aliphatic heterocycles. The number of nitrogens with one attached hydrogen (secondary N) is 1. The first-order valence-electron chi connectivity index (χ1n) is 7.27. The van der Waals surface area contributed by atoms with Crippen molar-refractivity contribution in [2.45, 2.75) is 39.2 Å². The number of rotatable bonds is 4. The molecule has 1 N–H and O–H groups in total. The fourth-order valence-corrected chi connectivity index (χ4v) is 2.72. The lowest BCUT2D eigenvalue weighted by Crippen LogP contribution is -2.42. The first kappa shape index (κ1) is 15.4. The maximum atomic E-state index is 12.1. The van der Waals surface area contributed by atoms with E-state index in [4.69, 9.17) is 0 Å². The Hall–Kier alpha value is -1.95. The second-order valence-electron chi connectivity index (χ2n) is 5.57. The molecule has 2 rings (SSSR count). The van der Waals surface area contributed by atoms with Gasteiger partial charge in [0.15, 0.2) is 0 Å². The summed E-state index contributed by atoms with van der Waals surface area (Å²) in [5, 5.41) is 13.7. The van der Waals surface area contributed by atoms with Crippen LogP contribution in [0.25, 0.3) is 0 Å². The highest BCUT2D eigenvalue weighted by Gasteiger charge is 2.21. The van der Waals surface area contributed by atoms with Crippen LogP contribution in [0.5, 0.6) is 0 Å². The molecule has 0 aliphatic carbocycles. The van der Waals surface area contributed by atoms with Gasteiger partial charge in [-0.2, -0.15) is 0 Å². The Kier molecular flexibility index (Phi) is 4.90. The van der Waals surface area contributed by atoms with Gasteiger partial charge >= 0.3 is 0 Å². The topological polar surface area (TPSA) is 75.5 Å². The molecule has 1 amide bonds. The lowest BCUT2D eigenvalue weighted by molar-refractivity contribution is -0.385. The Labute approximate surface area is 124 Å². The van der Waals surface area contributed by atoms with Gasteiger partial charge in [0.25, 0.3) is 5.69 Å². The van der Waals surface area contributed by atoms with E-state index < -0.39 is 4.92 Å². The summed E-state index contributed by atoms with van der Waals surface area (Å²) in [5.41, 5.74) is 1.03. The summed E-state index contributed by atoms with van der Waals surface area (Å²) in [6.45, 7) is 5.05. The molecule has 114 valence electrons. The summed E-state index contributed by atoms with van der Waals surface area (Å²) in [6.07, 6.45) is 3.44. The molecule has 6 heteroatoms. The first-order valence-corrected chi connectivity index (χ1v) is 7.27. The van der Waals surface area contributed by atoms with Crippen molar-refractivity contribution < 1.29 is 9.72 Å². The van der Waals surface area contributed by atoms with Crippen LogP contribution in [0.15, 0.2) is 18.2 Å². The number of piperidine rings is 1. The lowest BCUT2D eigenvalue weighted by Gasteiger charge is -2.32. The zero-order valence-electron chi connectivity index (χ0n) is 12.5. The smallest absolute Gasteiger partial charge is 0.274 e. The molecule has 6 nitrogen and oxygen atoms in total. The maximum Gasteiger partial charge on any atom is 0.274 e. The molecule has 0 aromatic heterocycles. The molecule has 1 aromatic rings.